The number of nitrogen functional groups attached to an aromatic ring is 1. The summed E-state index contributed by atoms with van der Waals surface area (Å²) >= 11 is 0. The number of likely N-dealkylation sites (tertiary alicyclic amines) is 1. The number of aromatic amines is 1. The average Bonchev–Trinajstić information content (AvgIpc) is 2.86. The summed E-state index contributed by atoms with van der Waals surface area (Å²) in [6, 6.07) is 1.41. The highest BCUT2D eigenvalue weighted by molar-refractivity contribution is 5.60. The summed E-state index contributed by atoms with van der Waals surface area (Å²) in [6.07, 6.45) is 5.75. The predicted octanol–water partition coefficient (Wildman–Crippen LogP) is 0.640. The Balaban J connectivity index is 1.58. The van der Waals surface area contributed by atoms with Crippen molar-refractivity contribution in [3.05, 3.63) is 6.20 Å². The molecule has 0 bridgehead atoms. The van der Waals surface area contributed by atoms with Crippen LogP contribution in [-0.4, -0.2) is 40.3 Å². The van der Waals surface area contributed by atoms with Gasteiger partial charge in [-0.25, -0.2) is 0 Å². The normalized spacial score (nSPS) is 27.1. The minimum absolute atomic E-state index is 0.533. The lowest BCUT2D eigenvalue weighted by Crippen LogP contribution is -2.27. The van der Waals surface area contributed by atoms with E-state index in [1.807, 2.05) is 0 Å². The fourth-order valence-corrected chi connectivity index (χ4v) is 2.31. The first-order valence-electron chi connectivity index (χ1n) is 5.62. The summed E-state index contributed by atoms with van der Waals surface area (Å²) in [6.45, 7) is 2.37. The van der Waals surface area contributed by atoms with Crippen molar-refractivity contribution in [3.63, 3.8) is 0 Å². The lowest BCUT2D eigenvalue weighted by atomic mass is 10.2. The Morgan fingerprint density at radius 3 is 3.00 bits per heavy atom. The minimum Gasteiger partial charge on any atom is -0.382 e. The molecule has 1 saturated heterocycles. The highest BCUT2D eigenvalue weighted by atomic mass is 15.2. The van der Waals surface area contributed by atoms with Gasteiger partial charge in [-0.15, -0.1) is 0 Å². The van der Waals surface area contributed by atoms with E-state index in [2.05, 4.69) is 20.4 Å². The molecule has 1 aliphatic carbocycles. The molecule has 4 N–H and O–H groups in total. The Bertz CT molecular complexity index is 343. The van der Waals surface area contributed by atoms with Crippen LogP contribution in [0.15, 0.2) is 6.20 Å². The molecule has 2 aliphatic rings. The lowest BCUT2D eigenvalue weighted by Gasteiger charge is -2.15. The van der Waals surface area contributed by atoms with Gasteiger partial charge >= 0.3 is 0 Å². The van der Waals surface area contributed by atoms with E-state index in [-0.39, 0.29) is 0 Å². The number of hydrogen-bond acceptors (Lipinski definition) is 4. The molecule has 0 aromatic carbocycles. The molecule has 2 heterocycles. The molecule has 3 rings (SSSR count). The first-order chi connectivity index (χ1) is 7.33. The van der Waals surface area contributed by atoms with Gasteiger partial charge in [-0.2, -0.15) is 5.10 Å². The second kappa shape index (κ2) is 3.41. The Kier molecular flexibility index (Phi) is 2.05. The van der Waals surface area contributed by atoms with Crippen molar-refractivity contribution in [1.29, 1.82) is 0 Å². The fourth-order valence-electron chi connectivity index (χ4n) is 2.31. The number of nitrogens with one attached hydrogen (secondary N) is 2. The van der Waals surface area contributed by atoms with Gasteiger partial charge in [0.1, 0.15) is 5.82 Å². The third-order valence-corrected chi connectivity index (χ3v) is 3.31. The van der Waals surface area contributed by atoms with Crippen molar-refractivity contribution in [2.24, 2.45) is 0 Å². The van der Waals surface area contributed by atoms with Crippen molar-refractivity contribution in [1.82, 2.24) is 15.1 Å². The lowest BCUT2D eigenvalue weighted by molar-refractivity contribution is 0.326. The van der Waals surface area contributed by atoms with Crippen LogP contribution in [0.2, 0.25) is 0 Å². The zero-order chi connectivity index (χ0) is 10.3. The maximum absolute atomic E-state index is 5.73. The molecule has 1 atom stereocenters. The molecule has 1 unspecified atom stereocenters. The predicted molar refractivity (Wildman–Crippen MR) is 59.6 cm³/mol. The van der Waals surface area contributed by atoms with Crippen LogP contribution in [0.25, 0.3) is 0 Å². The Hall–Kier alpha value is -1.23. The van der Waals surface area contributed by atoms with Gasteiger partial charge in [0.15, 0.2) is 0 Å². The van der Waals surface area contributed by atoms with Gasteiger partial charge < -0.3 is 11.1 Å². The summed E-state index contributed by atoms with van der Waals surface area (Å²) in [4.78, 5) is 2.58. The van der Waals surface area contributed by atoms with Crippen LogP contribution in [0.5, 0.6) is 0 Å². The monoisotopic (exact) mass is 207 g/mol. The van der Waals surface area contributed by atoms with Crippen molar-refractivity contribution >= 4 is 11.5 Å². The summed E-state index contributed by atoms with van der Waals surface area (Å²) in [5.74, 6) is 0.639. The van der Waals surface area contributed by atoms with E-state index < -0.39 is 0 Å². The van der Waals surface area contributed by atoms with E-state index in [1.54, 1.807) is 6.20 Å². The third kappa shape index (κ3) is 1.79. The Labute approximate surface area is 89.0 Å². The van der Waals surface area contributed by atoms with Crippen LogP contribution in [0, 0.1) is 0 Å². The number of H-pyrrole nitrogens is 1. The third-order valence-electron chi connectivity index (χ3n) is 3.31. The standard InChI is InChI=1S/C10H17N5/c11-10-9(5-12-14-10)13-7-3-4-15(6-7)8-1-2-8/h5,7-8,13H,1-4,6H2,(H3,11,12,14). The van der Waals surface area contributed by atoms with Crippen molar-refractivity contribution in [3.8, 4) is 0 Å². The molecular formula is C10H17N5. The van der Waals surface area contributed by atoms with Crippen LogP contribution in [-0.2, 0) is 0 Å². The second-order valence-electron chi connectivity index (χ2n) is 4.55. The molecule has 5 heteroatoms. The number of hydrogen-bond donors (Lipinski definition) is 3. The van der Waals surface area contributed by atoms with E-state index >= 15 is 0 Å². The largest absolute Gasteiger partial charge is 0.382 e. The summed E-state index contributed by atoms with van der Waals surface area (Å²) in [5.41, 5.74) is 6.67. The smallest absolute Gasteiger partial charge is 0.142 e. The highest BCUT2D eigenvalue weighted by Crippen LogP contribution is 2.30. The number of rotatable bonds is 3. The zero-order valence-corrected chi connectivity index (χ0v) is 8.74. The van der Waals surface area contributed by atoms with E-state index in [9.17, 15) is 0 Å². The molecule has 5 nitrogen and oxygen atoms in total. The van der Waals surface area contributed by atoms with Gasteiger partial charge in [0.05, 0.1) is 11.9 Å². The van der Waals surface area contributed by atoms with Gasteiger partial charge in [-0.3, -0.25) is 10.00 Å². The van der Waals surface area contributed by atoms with Gasteiger partial charge in [-0.05, 0) is 19.3 Å². The van der Waals surface area contributed by atoms with Gasteiger partial charge in [0.2, 0.25) is 0 Å². The van der Waals surface area contributed by atoms with Crippen molar-refractivity contribution in [2.45, 2.75) is 31.3 Å². The topological polar surface area (TPSA) is 70.0 Å². The average molecular weight is 207 g/mol. The quantitative estimate of drug-likeness (QED) is 0.680. The summed E-state index contributed by atoms with van der Waals surface area (Å²) in [7, 11) is 0. The minimum atomic E-state index is 0.533. The zero-order valence-electron chi connectivity index (χ0n) is 8.74. The number of aromatic nitrogens is 2. The molecular weight excluding hydrogens is 190 g/mol. The SMILES string of the molecule is Nc1[nH]ncc1NC1CCN(C2CC2)C1. The van der Waals surface area contributed by atoms with Crippen LogP contribution < -0.4 is 11.1 Å². The molecule has 2 fully saturated rings. The Morgan fingerprint density at radius 2 is 2.33 bits per heavy atom. The fraction of sp³-hybridized carbons (Fsp3) is 0.700. The van der Waals surface area contributed by atoms with Gasteiger partial charge in [0, 0.05) is 25.2 Å². The molecule has 1 saturated carbocycles. The van der Waals surface area contributed by atoms with E-state index in [4.69, 9.17) is 5.73 Å². The second-order valence-corrected chi connectivity index (χ2v) is 4.55. The molecule has 1 aromatic heterocycles. The highest BCUT2D eigenvalue weighted by Gasteiger charge is 2.34. The molecule has 0 amide bonds. The van der Waals surface area contributed by atoms with Crippen LogP contribution in [0.1, 0.15) is 19.3 Å². The Morgan fingerprint density at radius 1 is 1.47 bits per heavy atom. The number of nitrogens with zero attached hydrogens (tertiary/aromatic N) is 2. The summed E-state index contributed by atoms with van der Waals surface area (Å²) in [5, 5.41) is 10.1. The van der Waals surface area contributed by atoms with Crippen LogP contribution in [0.4, 0.5) is 11.5 Å². The maximum Gasteiger partial charge on any atom is 0.142 e. The number of nitrogens with two attached hydrogens (primary N) is 1. The molecule has 0 radical (unpaired) electrons. The van der Waals surface area contributed by atoms with E-state index in [0.717, 1.165) is 18.3 Å². The first kappa shape index (κ1) is 9.03. The maximum atomic E-state index is 5.73. The first-order valence-corrected chi connectivity index (χ1v) is 5.62. The van der Waals surface area contributed by atoms with E-state index in [0.29, 0.717) is 11.9 Å². The molecule has 15 heavy (non-hydrogen) atoms. The molecule has 1 aliphatic heterocycles. The number of anilines is 2. The van der Waals surface area contributed by atoms with Gasteiger partial charge in [0.25, 0.3) is 0 Å². The molecule has 1 aromatic rings. The molecule has 82 valence electrons. The van der Waals surface area contributed by atoms with Gasteiger partial charge in [-0.1, -0.05) is 0 Å². The van der Waals surface area contributed by atoms with Crippen molar-refractivity contribution in [2.75, 3.05) is 24.1 Å². The van der Waals surface area contributed by atoms with Crippen LogP contribution in [0.3, 0.4) is 0 Å². The van der Waals surface area contributed by atoms with E-state index in [1.165, 1.54) is 25.8 Å². The van der Waals surface area contributed by atoms with Crippen LogP contribution >= 0.6 is 0 Å². The molecule has 0 spiro atoms. The van der Waals surface area contributed by atoms with Crippen molar-refractivity contribution < 1.29 is 0 Å². The summed E-state index contributed by atoms with van der Waals surface area (Å²) < 4.78 is 0.